The van der Waals surface area contributed by atoms with Crippen LogP contribution in [0.3, 0.4) is 0 Å². The lowest BCUT2D eigenvalue weighted by molar-refractivity contribution is -0.161. The number of thiazole rings is 1. The number of alkyl carbamates (subject to hydrolysis) is 1. The number of aromatic nitrogens is 1. The number of ether oxygens (including phenoxy) is 3. The number of carbonyl (C=O) groups is 1. The number of carbonyl (C=O) groups excluding carboxylic acids is 1. The molecule has 2 saturated heterocycles. The summed E-state index contributed by atoms with van der Waals surface area (Å²) in [4.78, 5) is 18.1. The normalized spacial score (nSPS) is 23.5. The van der Waals surface area contributed by atoms with Crippen molar-refractivity contribution in [3.63, 3.8) is 0 Å². The van der Waals surface area contributed by atoms with Crippen LogP contribution in [-0.2, 0) is 30.7 Å². The van der Waals surface area contributed by atoms with E-state index < -0.39 is 58.8 Å². The van der Waals surface area contributed by atoms with Crippen LogP contribution in [0.2, 0.25) is 0 Å². The first-order chi connectivity index (χ1) is 24.2. The Morgan fingerprint density at radius 2 is 1.82 bits per heavy atom. The lowest BCUT2D eigenvalue weighted by atomic mass is 9.90. The molecule has 2 aromatic carbocycles. The number of amides is 1. The number of hydrogen-bond donors (Lipinski definition) is 4. The van der Waals surface area contributed by atoms with Gasteiger partial charge in [-0.25, -0.2) is 27.0 Å². The van der Waals surface area contributed by atoms with Gasteiger partial charge in [-0.1, -0.05) is 39.0 Å². The maximum atomic E-state index is 14.2. The molecule has 0 spiro atoms. The van der Waals surface area contributed by atoms with Gasteiger partial charge in [0.2, 0.25) is 10.0 Å². The molecule has 12 nitrogen and oxygen atoms in total. The molecule has 4 N–H and O–H groups in total. The van der Waals surface area contributed by atoms with E-state index in [0.29, 0.717) is 29.3 Å². The summed E-state index contributed by atoms with van der Waals surface area (Å²) in [6.45, 7) is 8.00. The van der Waals surface area contributed by atoms with Crippen molar-refractivity contribution in [1.82, 2.24) is 19.9 Å². The van der Waals surface area contributed by atoms with Crippen LogP contribution < -0.4 is 16.0 Å². The molecule has 0 radical (unpaired) electrons. The van der Waals surface area contributed by atoms with E-state index in [-0.39, 0.29) is 54.0 Å². The van der Waals surface area contributed by atoms with Crippen molar-refractivity contribution in [1.29, 1.82) is 0 Å². The molecule has 2 aliphatic heterocycles. The van der Waals surface area contributed by atoms with Crippen LogP contribution in [0.4, 0.5) is 18.7 Å². The van der Waals surface area contributed by atoms with Gasteiger partial charge in [-0.3, -0.25) is 0 Å². The SMILES string of the molecule is CC(C)CN(C[C@@H](O)[C@H](Cc1cc(F)cc(F)c1)NC(=O)OC1COC2OCCC(NC(C)C)C12)S(=O)(=O)c1ccc2nc(NC3CC3)sc2c1. The highest BCUT2D eigenvalue weighted by Gasteiger charge is 2.48. The highest BCUT2D eigenvalue weighted by atomic mass is 32.2. The minimum absolute atomic E-state index is 0.0271. The Morgan fingerprint density at radius 3 is 2.51 bits per heavy atom. The Hall–Kier alpha value is -2.99. The van der Waals surface area contributed by atoms with Gasteiger partial charge >= 0.3 is 6.09 Å². The summed E-state index contributed by atoms with van der Waals surface area (Å²) < 4.78 is 76.0. The third-order valence-electron chi connectivity index (χ3n) is 9.16. The average molecular weight is 752 g/mol. The number of rotatable bonds is 15. The molecule has 3 heterocycles. The van der Waals surface area contributed by atoms with Gasteiger partial charge in [0.05, 0.1) is 46.4 Å². The largest absolute Gasteiger partial charge is 0.443 e. The second kappa shape index (κ2) is 15.9. The number of benzene rings is 2. The second-order valence-electron chi connectivity index (χ2n) is 14.4. The molecule has 16 heteroatoms. The summed E-state index contributed by atoms with van der Waals surface area (Å²) in [5.41, 5.74) is 0.834. The third-order valence-corrected chi connectivity index (χ3v) is 11.9. The first-order valence-electron chi connectivity index (χ1n) is 17.5. The smallest absolute Gasteiger partial charge is 0.407 e. The summed E-state index contributed by atoms with van der Waals surface area (Å²) in [6, 6.07) is 7.02. The van der Waals surface area contributed by atoms with Crippen LogP contribution in [0, 0.1) is 23.5 Å². The topological polar surface area (TPSA) is 151 Å². The van der Waals surface area contributed by atoms with E-state index in [1.165, 1.54) is 21.7 Å². The van der Waals surface area contributed by atoms with Crippen LogP contribution in [0.25, 0.3) is 10.2 Å². The Morgan fingerprint density at radius 1 is 1.08 bits per heavy atom. The standard InChI is InChI=1S/C35H47F2N5O7S2/c1-19(2)16-42(51(45,46)25-7-8-26-31(15-25)50-34(40-26)39-24-5-6-24)17-29(43)28(13-21-11-22(36)14-23(37)12-21)41-35(44)49-30-18-48-33-32(30)27(9-10-47-33)38-20(3)4/h7-8,11-12,14-15,19-20,24,27-30,32-33,38,43H,5-6,9-10,13,16-18H2,1-4H3,(H,39,40)(H,41,44)/t27?,28-,29+,30?,32?,33?/m0/s1. The molecule has 1 saturated carbocycles. The van der Waals surface area contributed by atoms with Gasteiger partial charge in [-0.05, 0) is 67.5 Å². The van der Waals surface area contributed by atoms with Crippen molar-refractivity contribution >= 4 is 42.8 Å². The van der Waals surface area contributed by atoms with Gasteiger partial charge in [-0.2, -0.15) is 4.31 Å². The Labute approximate surface area is 301 Å². The number of hydrogen-bond acceptors (Lipinski definition) is 11. The fraction of sp³-hybridized carbons (Fsp3) is 0.600. The average Bonchev–Trinajstić information content (AvgIpc) is 3.61. The van der Waals surface area contributed by atoms with Crippen molar-refractivity contribution in [2.24, 2.45) is 11.8 Å². The highest BCUT2D eigenvalue weighted by molar-refractivity contribution is 7.89. The molecular formula is C35H47F2N5O7S2. The molecule has 1 aromatic heterocycles. The van der Waals surface area contributed by atoms with Gasteiger partial charge in [-0.15, -0.1) is 0 Å². The predicted octanol–water partition coefficient (Wildman–Crippen LogP) is 4.62. The quantitative estimate of drug-likeness (QED) is 0.173. The molecule has 3 aromatic rings. The molecule has 1 amide bonds. The summed E-state index contributed by atoms with van der Waals surface area (Å²) in [7, 11) is -4.15. The molecule has 280 valence electrons. The number of nitrogens with one attached hydrogen (secondary N) is 3. The number of halogens is 2. The number of fused-ring (bicyclic) bond motifs is 2. The van der Waals surface area contributed by atoms with Crippen LogP contribution in [-0.4, -0.2) is 97.9 Å². The maximum absolute atomic E-state index is 14.2. The van der Waals surface area contributed by atoms with Gasteiger partial charge in [0.25, 0.3) is 0 Å². The van der Waals surface area contributed by atoms with E-state index >= 15 is 0 Å². The van der Waals surface area contributed by atoms with Crippen molar-refractivity contribution < 1.29 is 41.3 Å². The van der Waals surface area contributed by atoms with Crippen molar-refractivity contribution in [2.45, 2.75) is 101 Å². The Bertz CT molecular complexity index is 1770. The predicted molar refractivity (Wildman–Crippen MR) is 189 cm³/mol. The fourth-order valence-corrected chi connectivity index (χ4v) is 9.42. The summed E-state index contributed by atoms with van der Waals surface area (Å²) in [5, 5.41) is 21.9. The number of aliphatic hydroxyl groups is 1. The molecule has 0 bridgehead atoms. The number of sulfonamides is 1. The third kappa shape index (κ3) is 9.52. The molecule has 3 aliphatic rings. The molecule has 51 heavy (non-hydrogen) atoms. The summed E-state index contributed by atoms with van der Waals surface area (Å²) in [6.07, 6.45) is -0.970. The van der Waals surface area contributed by atoms with E-state index in [2.05, 4.69) is 20.9 Å². The summed E-state index contributed by atoms with van der Waals surface area (Å²) >= 11 is 1.38. The number of nitrogens with zero attached hydrogens (tertiary/aromatic N) is 2. The van der Waals surface area contributed by atoms with Crippen LogP contribution in [0.15, 0.2) is 41.3 Å². The lowest BCUT2D eigenvalue weighted by Gasteiger charge is -2.36. The number of aliphatic hydroxyl groups excluding tert-OH is 1. The van der Waals surface area contributed by atoms with Gasteiger partial charge in [0.15, 0.2) is 11.4 Å². The first-order valence-corrected chi connectivity index (χ1v) is 19.8. The van der Waals surface area contributed by atoms with Gasteiger partial charge < -0.3 is 35.3 Å². The molecule has 4 unspecified atom stereocenters. The second-order valence-corrected chi connectivity index (χ2v) is 17.4. The van der Waals surface area contributed by atoms with Crippen molar-refractivity contribution in [3.05, 3.63) is 53.6 Å². The highest BCUT2D eigenvalue weighted by Crippen LogP contribution is 2.34. The van der Waals surface area contributed by atoms with E-state index in [1.807, 2.05) is 27.7 Å². The minimum Gasteiger partial charge on any atom is -0.443 e. The van der Waals surface area contributed by atoms with Crippen LogP contribution in [0.1, 0.15) is 52.5 Å². The van der Waals surface area contributed by atoms with Gasteiger partial charge in [0.1, 0.15) is 17.7 Å². The maximum Gasteiger partial charge on any atom is 0.407 e. The van der Waals surface area contributed by atoms with E-state index in [9.17, 15) is 27.1 Å². The molecule has 6 rings (SSSR count). The van der Waals surface area contributed by atoms with Gasteiger partial charge in [0, 0.05) is 37.3 Å². The van der Waals surface area contributed by atoms with E-state index in [0.717, 1.165) is 36.2 Å². The zero-order valence-electron chi connectivity index (χ0n) is 29.2. The Balaban J connectivity index is 1.22. The zero-order chi connectivity index (χ0) is 36.4. The molecular weight excluding hydrogens is 705 g/mol. The number of anilines is 1. The van der Waals surface area contributed by atoms with Crippen LogP contribution >= 0.6 is 11.3 Å². The van der Waals surface area contributed by atoms with E-state index in [1.54, 1.807) is 12.1 Å². The molecule has 3 fully saturated rings. The molecule has 6 atom stereocenters. The van der Waals surface area contributed by atoms with E-state index in [4.69, 9.17) is 14.2 Å². The fourth-order valence-electron chi connectivity index (χ4n) is 6.72. The zero-order valence-corrected chi connectivity index (χ0v) is 30.8. The monoisotopic (exact) mass is 751 g/mol. The minimum atomic E-state index is -4.15. The van der Waals surface area contributed by atoms with Crippen molar-refractivity contribution in [3.8, 4) is 0 Å². The first kappa shape index (κ1) is 37.8. The summed E-state index contributed by atoms with van der Waals surface area (Å²) in [5.74, 6) is -2.05. The van der Waals surface area contributed by atoms with Crippen molar-refractivity contribution in [2.75, 3.05) is 31.6 Å². The Kier molecular flexibility index (Phi) is 11.8. The lowest BCUT2D eigenvalue weighted by Crippen LogP contribution is -2.54. The molecule has 1 aliphatic carbocycles. The van der Waals surface area contributed by atoms with Crippen LogP contribution in [0.5, 0.6) is 0 Å².